The van der Waals surface area contributed by atoms with Crippen molar-refractivity contribution in [2.75, 3.05) is 13.6 Å². The molecule has 1 saturated heterocycles. The van der Waals surface area contributed by atoms with Gasteiger partial charge in [-0.25, -0.2) is 4.68 Å². The van der Waals surface area contributed by atoms with Crippen LogP contribution in [0.3, 0.4) is 0 Å². The average molecular weight is 313 g/mol. The third-order valence-electron chi connectivity index (χ3n) is 4.45. The number of hydrogen-bond donors (Lipinski definition) is 2. The van der Waals surface area contributed by atoms with Gasteiger partial charge in [-0.15, -0.1) is 0 Å². The van der Waals surface area contributed by atoms with Crippen molar-refractivity contribution in [3.8, 4) is 5.69 Å². The van der Waals surface area contributed by atoms with Crippen molar-refractivity contribution in [3.05, 3.63) is 47.8 Å². The number of likely N-dealkylation sites (N-methyl/N-ethyl adjacent to an activating group) is 1. The molecule has 2 aromatic rings. The Morgan fingerprint density at radius 1 is 1.48 bits per heavy atom. The Morgan fingerprint density at radius 3 is 2.96 bits per heavy atom. The van der Waals surface area contributed by atoms with Crippen molar-refractivity contribution in [3.63, 3.8) is 0 Å². The van der Waals surface area contributed by atoms with Crippen LogP contribution in [0, 0.1) is 6.92 Å². The lowest BCUT2D eigenvalue weighted by atomic mass is 10.1. The van der Waals surface area contributed by atoms with Crippen LogP contribution in [0.15, 0.2) is 36.7 Å². The molecule has 6 nitrogen and oxygen atoms in total. The molecule has 0 bridgehead atoms. The van der Waals surface area contributed by atoms with Gasteiger partial charge in [-0.1, -0.05) is 6.07 Å². The number of aryl methyl sites for hydroxylation is 1. The summed E-state index contributed by atoms with van der Waals surface area (Å²) in [7, 11) is 1.68. The maximum atomic E-state index is 12.0. The van der Waals surface area contributed by atoms with Crippen molar-refractivity contribution in [1.82, 2.24) is 20.0 Å². The number of benzene rings is 1. The minimum atomic E-state index is -0.139. The molecule has 6 heteroatoms. The normalized spacial score (nSPS) is 21.5. The highest BCUT2D eigenvalue weighted by molar-refractivity contribution is 5.81. The van der Waals surface area contributed by atoms with Crippen molar-refractivity contribution in [2.24, 2.45) is 5.73 Å². The van der Waals surface area contributed by atoms with Crippen LogP contribution in [0.5, 0.6) is 0 Å². The van der Waals surface area contributed by atoms with Crippen LogP contribution in [0.1, 0.15) is 17.5 Å². The van der Waals surface area contributed by atoms with Gasteiger partial charge in [-0.05, 0) is 42.7 Å². The number of rotatable bonds is 4. The zero-order valence-corrected chi connectivity index (χ0v) is 13.6. The van der Waals surface area contributed by atoms with Crippen LogP contribution in [-0.4, -0.2) is 46.3 Å². The van der Waals surface area contributed by atoms with Crippen LogP contribution >= 0.6 is 0 Å². The standard InChI is InChI=1S/C17H23N5O/c1-12-8-15(22-7-3-6-20-22)5-4-13(12)10-21-11-14(18)9-16(21)17(23)19-2/h3-8,14,16H,9-11,18H2,1-2H3,(H,19,23)/t14-,16-/m0/s1. The van der Waals surface area contributed by atoms with E-state index >= 15 is 0 Å². The lowest BCUT2D eigenvalue weighted by Crippen LogP contribution is -2.41. The van der Waals surface area contributed by atoms with E-state index in [2.05, 4.69) is 40.4 Å². The van der Waals surface area contributed by atoms with E-state index in [1.54, 1.807) is 13.2 Å². The lowest BCUT2D eigenvalue weighted by molar-refractivity contribution is -0.125. The second kappa shape index (κ2) is 6.52. The molecular weight excluding hydrogens is 290 g/mol. The molecule has 0 unspecified atom stereocenters. The number of nitrogens with zero attached hydrogens (tertiary/aromatic N) is 3. The first-order valence-corrected chi connectivity index (χ1v) is 7.89. The molecule has 1 aliphatic heterocycles. The third kappa shape index (κ3) is 3.28. The van der Waals surface area contributed by atoms with Crippen molar-refractivity contribution >= 4 is 5.91 Å². The van der Waals surface area contributed by atoms with Crippen molar-refractivity contribution in [2.45, 2.75) is 32.0 Å². The van der Waals surface area contributed by atoms with E-state index in [-0.39, 0.29) is 18.0 Å². The lowest BCUT2D eigenvalue weighted by Gasteiger charge is -2.24. The zero-order valence-electron chi connectivity index (χ0n) is 13.6. The van der Waals surface area contributed by atoms with Gasteiger partial charge in [0.25, 0.3) is 0 Å². The monoisotopic (exact) mass is 313 g/mol. The molecule has 0 radical (unpaired) electrons. The predicted molar refractivity (Wildman–Crippen MR) is 89.2 cm³/mol. The first kappa shape index (κ1) is 15.7. The molecule has 1 aromatic heterocycles. The molecule has 0 aliphatic carbocycles. The van der Waals surface area contributed by atoms with Gasteiger partial charge >= 0.3 is 0 Å². The van der Waals surface area contributed by atoms with Crippen molar-refractivity contribution in [1.29, 1.82) is 0 Å². The second-order valence-electron chi connectivity index (χ2n) is 6.12. The number of hydrogen-bond acceptors (Lipinski definition) is 4. The SMILES string of the molecule is CNC(=O)[C@@H]1C[C@H](N)CN1Cc1ccc(-n2cccn2)cc1C. The Hall–Kier alpha value is -2.18. The van der Waals surface area contributed by atoms with Crippen LogP contribution < -0.4 is 11.1 Å². The maximum absolute atomic E-state index is 12.0. The Kier molecular flexibility index (Phi) is 4.45. The maximum Gasteiger partial charge on any atom is 0.237 e. The van der Waals surface area contributed by atoms with E-state index in [9.17, 15) is 4.79 Å². The molecule has 122 valence electrons. The van der Waals surface area contributed by atoms with Gasteiger partial charge in [0.1, 0.15) is 0 Å². The van der Waals surface area contributed by atoms with Crippen molar-refractivity contribution < 1.29 is 4.79 Å². The minimum Gasteiger partial charge on any atom is -0.358 e. The fourth-order valence-corrected chi connectivity index (χ4v) is 3.19. The molecule has 1 fully saturated rings. The van der Waals surface area contributed by atoms with Crippen LogP contribution in [0.25, 0.3) is 5.69 Å². The Labute approximate surface area is 136 Å². The van der Waals surface area contributed by atoms with Crippen LogP contribution in [0.4, 0.5) is 0 Å². The minimum absolute atomic E-state index is 0.0452. The molecule has 2 atom stereocenters. The molecule has 0 saturated carbocycles. The molecule has 1 aromatic carbocycles. The second-order valence-corrected chi connectivity index (χ2v) is 6.12. The Morgan fingerprint density at radius 2 is 2.30 bits per heavy atom. The van der Waals surface area contributed by atoms with Gasteiger partial charge in [-0.3, -0.25) is 9.69 Å². The summed E-state index contributed by atoms with van der Waals surface area (Å²) in [5.41, 5.74) is 9.49. The number of nitrogens with one attached hydrogen (secondary N) is 1. The molecule has 23 heavy (non-hydrogen) atoms. The molecule has 1 amide bonds. The van der Waals surface area contributed by atoms with E-state index in [1.165, 1.54) is 11.1 Å². The highest BCUT2D eigenvalue weighted by atomic mass is 16.2. The summed E-state index contributed by atoms with van der Waals surface area (Å²) in [5.74, 6) is 0.0452. The Balaban J connectivity index is 1.78. The van der Waals surface area contributed by atoms with E-state index in [4.69, 9.17) is 5.73 Å². The number of likely N-dealkylation sites (tertiary alicyclic amines) is 1. The predicted octanol–water partition coefficient (Wildman–Crippen LogP) is 0.828. The smallest absolute Gasteiger partial charge is 0.237 e. The van der Waals surface area contributed by atoms with E-state index in [0.29, 0.717) is 6.42 Å². The highest BCUT2D eigenvalue weighted by Gasteiger charge is 2.34. The summed E-state index contributed by atoms with van der Waals surface area (Å²) in [5, 5.41) is 6.99. The van der Waals surface area contributed by atoms with E-state index in [1.807, 2.05) is 16.9 Å². The number of carbonyl (C=O) groups excluding carboxylic acids is 1. The first-order valence-electron chi connectivity index (χ1n) is 7.89. The number of carbonyl (C=O) groups is 1. The summed E-state index contributed by atoms with van der Waals surface area (Å²) in [6.07, 6.45) is 4.41. The van der Waals surface area contributed by atoms with Gasteiger partial charge in [0.2, 0.25) is 5.91 Å². The van der Waals surface area contributed by atoms with Crippen LogP contribution in [0.2, 0.25) is 0 Å². The zero-order chi connectivity index (χ0) is 16.4. The summed E-state index contributed by atoms with van der Waals surface area (Å²) >= 11 is 0. The summed E-state index contributed by atoms with van der Waals surface area (Å²) in [6.45, 7) is 3.57. The largest absolute Gasteiger partial charge is 0.358 e. The van der Waals surface area contributed by atoms with Gasteiger partial charge in [0, 0.05) is 38.6 Å². The number of nitrogens with two attached hydrogens (primary N) is 1. The fraction of sp³-hybridized carbons (Fsp3) is 0.412. The molecule has 3 N–H and O–H groups in total. The molecule has 1 aliphatic rings. The number of amides is 1. The molecule has 2 heterocycles. The van der Waals surface area contributed by atoms with E-state index in [0.717, 1.165) is 18.8 Å². The Bertz CT molecular complexity index is 682. The fourth-order valence-electron chi connectivity index (χ4n) is 3.19. The van der Waals surface area contributed by atoms with E-state index < -0.39 is 0 Å². The van der Waals surface area contributed by atoms with Gasteiger partial charge in [-0.2, -0.15) is 5.10 Å². The molecule has 0 spiro atoms. The van der Waals surface area contributed by atoms with Gasteiger partial charge in [0.15, 0.2) is 0 Å². The molecular formula is C17H23N5O. The first-order chi connectivity index (χ1) is 11.1. The van der Waals surface area contributed by atoms with Gasteiger partial charge in [0.05, 0.1) is 11.7 Å². The topological polar surface area (TPSA) is 76.2 Å². The summed E-state index contributed by atoms with van der Waals surface area (Å²) in [4.78, 5) is 14.2. The highest BCUT2D eigenvalue weighted by Crippen LogP contribution is 2.22. The average Bonchev–Trinajstić information content (AvgIpc) is 3.18. The summed E-state index contributed by atoms with van der Waals surface area (Å²) in [6, 6.07) is 8.11. The van der Waals surface area contributed by atoms with Crippen LogP contribution in [-0.2, 0) is 11.3 Å². The van der Waals surface area contributed by atoms with Gasteiger partial charge < -0.3 is 11.1 Å². The quantitative estimate of drug-likeness (QED) is 0.876. The third-order valence-corrected chi connectivity index (χ3v) is 4.45. The summed E-state index contributed by atoms with van der Waals surface area (Å²) < 4.78 is 1.84. The molecule has 3 rings (SSSR count). The number of aromatic nitrogens is 2.